The van der Waals surface area contributed by atoms with Crippen LogP contribution in [0.1, 0.15) is 5.56 Å². The van der Waals surface area contributed by atoms with E-state index in [4.69, 9.17) is 4.74 Å². The summed E-state index contributed by atoms with van der Waals surface area (Å²) < 4.78 is 44.3. The third-order valence-electron chi connectivity index (χ3n) is 3.64. The number of rotatable bonds is 3. The van der Waals surface area contributed by atoms with Crippen molar-refractivity contribution in [1.82, 2.24) is 0 Å². The number of alkyl halides is 3. The van der Waals surface area contributed by atoms with Gasteiger partial charge in [-0.15, -0.1) is 0 Å². The van der Waals surface area contributed by atoms with E-state index >= 15 is 0 Å². The fraction of sp³-hybridized carbons (Fsp3) is 0.176. The second kappa shape index (κ2) is 6.99. The van der Waals surface area contributed by atoms with Gasteiger partial charge in [-0.2, -0.15) is 13.2 Å². The first-order valence-electron chi connectivity index (χ1n) is 7.44. The summed E-state index contributed by atoms with van der Waals surface area (Å²) in [6, 6.07) is 9.27. The number of hydrogen-bond donors (Lipinski definition) is 1. The van der Waals surface area contributed by atoms with Crippen LogP contribution in [0.3, 0.4) is 0 Å². The van der Waals surface area contributed by atoms with Gasteiger partial charge in [0.15, 0.2) is 6.61 Å². The van der Waals surface area contributed by atoms with Crippen LogP contribution in [0.4, 0.5) is 24.5 Å². The van der Waals surface area contributed by atoms with Gasteiger partial charge in [-0.05, 0) is 36.4 Å². The molecule has 0 atom stereocenters. The zero-order valence-corrected chi connectivity index (χ0v) is 14.7. The molecule has 0 radical (unpaired) electrons. The second-order valence-corrected chi connectivity index (χ2v) is 6.42. The van der Waals surface area contributed by atoms with E-state index in [-0.39, 0.29) is 18.8 Å². The Morgan fingerprint density at radius 3 is 2.73 bits per heavy atom. The first-order valence-corrected chi connectivity index (χ1v) is 8.23. The average Bonchev–Trinajstić information content (AvgIpc) is 2.57. The highest BCUT2D eigenvalue weighted by Gasteiger charge is 2.31. The Morgan fingerprint density at radius 2 is 2.00 bits per heavy atom. The molecule has 1 aliphatic rings. The summed E-state index contributed by atoms with van der Waals surface area (Å²) in [4.78, 5) is 25.5. The van der Waals surface area contributed by atoms with Gasteiger partial charge in [0.25, 0.3) is 5.91 Å². The molecule has 26 heavy (non-hydrogen) atoms. The molecular formula is C17H12BrF3N2O3. The van der Waals surface area contributed by atoms with E-state index in [1.54, 1.807) is 18.2 Å². The summed E-state index contributed by atoms with van der Waals surface area (Å²) in [7, 11) is 0. The molecule has 2 aromatic carbocycles. The molecule has 136 valence electrons. The maximum absolute atomic E-state index is 12.7. The van der Waals surface area contributed by atoms with Crippen molar-refractivity contribution >= 4 is 39.1 Å². The van der Waals surface area contributed by atoms with Crippen LogP contribution in [0.15, 0.2) is 46.9 Å². The number of halogens is 4. The quantitative estimate of drug-likeness (QED) is 0.807. The Morgan fingerprint density at radius 1 is 1.23 bits per heavy atom. The monoisotopic (exact) mass is 428 g/mol. The fourth-order valence-electron chi connectivity index (χ4n) is 2.47. The lowest BCUT2D eigenvalue weighted by Crippen LogP contribution is -2.43. The molecule has 2 aromatic rings. The summed E-state index contributed by atoms with van der Waals surface area (Å²) in [5.74, 6) is -0.599. The maximum Gasteiger partial charge on any atom is 0.416 e. The third-order valence-corrected chi connectivity index (χ3v) is 4.13. The van der Waals surface area contributed by atoms with Crippen molar-refractivity contribution < 1.29 is 27.5 Å². The number of nitrogens with one attached hydrogen (secondary N) is 1. The summed E-state index contributed by atoms with van der Waals surface area (Å²) in [5.41, 5.74) is -0.446. The van der Waals surface area contributed by atoms with Crippen molar-refractivity contribution in [3.8, 4) is 5.75 Å². The predicted molar refractivity (Wildman–Crippen MR) is 92.1 cm³/mol. The van der Waals surface area contributed by atoms with E-state index in [9.17, 15) is 22.8 Å². The average molecular weight is 429 g/mol. The minimum absolute atomic E-state index is 0.00145. The van der Waals surface area contributed by atoms with Gasteiger partial charge in [-0.1, -0.05) is 22.0 Å². The molecule has 2 amide bonds. The molecule has 0 unspecified atom stereocenters. The molecule has 1 heterocycles. The van der Waals surface area contributed by atoms with Crippen LogP contribution in [0, 0.1) is 0 Å². The Hall–Kier alpha value is -2.55. The van der Waals surface area contributed by atoms with Crippen LogP contribution < -0.4 is 15.0 Å². The molecule has 0 saturated carbocycles. The summed E-state index contributed by atoms with van der Waals surface area (Å²) in [6.45, 7) is -0.562. The van der Waals surface area contributed by atoms with E-state index in [1.165, 1.54) is 17.0 Å². The van der Waals surface area contributed by atoms with E-state index in [0.717, 1.165) is 16.6 Å². The normalized spacial score (nSPS) is 13.8. The maximum atomic E-state index is 12.7. The van der Waals surface area contributed by atoms with E-state index in [1.807, 2.05) is 0 Å². The standard InChI is InChI=1S/C17H12BrF3N2O3/c18-11-4-5-13-14(7-11)26-9-16(25)23(13)8-15(24)22-12-3-1-2-10(6-12)17(19,20)21/h1-7H,8-9H2,(H,22,24). The number of carbonyl (C=O) groups excluding carboxylic acids is 2. The number of hydrogen-bond acceptors (Lipinski definition) is 3. The first kappa shape index (κ1) is 18.2. The first-order chi connectivity index (χ1) is 12.2. The topological polar surface area (TPSA) is 58.6 Å². The minimum atomic E-state index is -4.51. The van der Waals surface area contributed by atoms with Crippen molar-refractivity contribution in [3.63, 3.8) is 0 Å². The van der Waals surface area contributed by atoms with Gasteiger partial charge in [-0.25, -0.2) is 0 Å². The number of amides is 2. The molecule has 3 rings (SSSR count). The molecule has 0 saturated heterocycles. The number of ether oxygens (including phenoxy) is 1. The molecule has 0 spiro atoms. The summed E-state index contributed by atoms with van der Waals surface area (Å²) in [6.07, 6.45) is -4.51. The smallest absolute Gasteiger partial charge is 0.416 e. The van der Waals surface area contributed by atoms with Crippen LogP contribution in [0.2, 0.25) is 0 Å². The number of anilines is 2. The Kier molecular flexibility index (Phi) is 4.90. The van der Waals surface area contributed by atoms with Crippen molar-refractivity contribution in [3.05, 3.63) is 52.5 Å². The lowest BCUT2D eigenvalue weighted by Gasteiger charge is -2.29. The van der Waals surface area contributed by atoms with Crippen molar-refractivity contribution in [2.75, 3.05) is 23.4 Å². The van der Waals surface area contributed by atoms with Gasteiger partial charge >= 0.3 is 6.18 Å². The predicted octanol–water partition coefficient (Wildman–Crippen LogP) is 3.83. The molecule has 0 bridgehead atoms. The Bertz CT molecular complexity index is 871. The lowest BCUT2D eigenvalue weighted by molar-refractivity contribution is -0.137. The highest BCUT2D eigenvalue weighted by molar-refractivity contribution is 9.10. The number of nitrogens with zero attached hydrogens (tertiary/aromatic N) is 1. The van der Waals surface area contributed by atoms with Crippen LogP contribution in [0.25, 0.3) is 0 Å². The molecule has 5 nitrogen and oxygen atoms in total. The molecule has 1 N–H and O–H groups in total. The highest BCUT2D eigenvalue weighted by atomic mass is 79.9. The van der Waals surface area contributed by atoms with Crippen molar-refractivity contribution in [2.24, 2.45) is 0 Å². The second-order valence-electron chi connectivity index (χ2n) is 5.51. The van der Waals surface area contributed by atoms with Crippen LogP contribution in [-0.4, -0.2) is 25.0 Å². The Labute approximate surface area is 154 Å². The number of fused-ring (bicyclic) bond motifs is 1. The molecule has 9 heteroatoms. The molecule has 1 aliphatic heterocycles. The van der Waals surface area contributed by atoms with Gasteiger partial charge in [0.05, 0.1) is 11.3 Å². The highest BCUT2D eigenvalue weighted by Crippen LogP contribution is 2.34. The fourth-order valence-corrected chi connectivity index (χ4v) is 2.81. The van der Waals surface area contributed by atoms with E-state index < -0.39 is 23.6 Å². The Balaban J connectivity index is 1.76. The van der Waals surface area contributed by atoms with Gasteiger partial charge in [0.1, 0.15) is 12.3 Å². The molecule has 0 aromatic heterocycles. The zero-order valence-electron chi connectivity index (χ0n) is 13.1. The van der Waals surface area contributed by atoms with Gasteiger partial charge in [-0.3, -0.25) is 14.5 Å². The van der Waals surface area contributed by atoms with Crippen molar-refractivity contribution in [2.45, 2.75) is 6.18 Å². The summed E-state index contributed by atoms with van der Waals surface area (Å²) >= 11 is 3.29. The lowest BCUT2D eigenvalue weighted by atomic mass is 10.2. The van der Waals surface area contributed by atoms with Crippen LogP contribution in [-0.2, 0) is 15.8 Å². The van der Waals surface area contributed by atoms with E-state index in [0.29, 0.717) is 11.4 Å². The molecular weight excluding hydrogens is 417 g/mol. The van der Waals surface area contributed by atoms with Crippen LogP contribution in [0.5, 0.6) is 5.75 Å². The largest absolute Gasteiger partial charge is 0.482 e. The van der Waals surface area contributed by atoms with E-state index in [2.05, 4.69) is 21.2 Å². The number of benzene rings is 2. The number of carbonyl (C=O) groups is 2. The van der Waals surface area contributed by atoms with Gasteiger partial charge < -0.3 is 10.1 Å². The zero-order chi connectivity index (χ0) is 18.9. The molecule has 0 aliphatic carbocycles. The summed E-state index contributed by atoms with van der Waals surface area (Å²) in [5, 5.41) is 2.38. The van der Waals surface area contributed by atoms with Gasteiger partial charge in [0, 0.05) is 10.2 Å². The third kappa shape index (κ3) is 3.98. The van der Waals surface area contributed by atoms with Crippen LogP contribution >= 0.6 is 15.9 Å². The molecule has 0 fully saturated rings. The minimum Gasteiger partial charge on any atom is -0.482 e. The SMILES string of the molecule is O=C(CN1C(=O)COc2cc(Br)ccc21)Nc1cccc(C(F)(F)F)c1. The van der Waals surface area contributed by atoms with Crippen molar-refractivity contribution in [1.29, 1.82) is 0 Å². The van der Waals surface area contributed by atoms with Gasteiger partial charge in [0.2, 0.25) is 5.91 Å².